The smallest absolute Gasteiger partial charge is 0.406 e. The van der Waals surface area contributed by atoms with E-state index in [0.717, 1.165) is 6.07 Å². The van der Waals surface area contributed by atoms with Gasteiger partial charge in [-0.2, -0.15) is 0 Å². The lowest BCUT2D eigenvalue weighted by atomic mass is 10.1. The highest BCUT2D eigenvalue weighted by atomic mass is 19.4. The van der Waals surface area contributed by atoms with Crippen LogP contribution in [-0.2, 0) is 0 Å². The first kappa shape index (κ1) is 7.92. The minimum atomic E-state index is -4.95. The summed E-state index contributed by atoms with van der Waals surface area (Å²) in [5.41, 5.74) is 4.71. The van der Waals surface area contributed by atoms with Gasteiger partial charge in [0.2, 0.25) is 0 Å². The average molecular weight is 226 g/mol. The van der Waals surface area contributed by atoms with Crippen LogP contribution in [0.3, 0.4) is 0 Å². The van der Waals surface area contributed by atoms with Gasteiger partial charge in [0.15, 0.2) is 0 Å². The Labute approximate surface area is 87.9 Å². The first-order valence-electron chi connectivity index (χ1n) is 5.31. The fourth-order valence-electron chi connectivity index (χ4n) is 0.957. The maximum atomic E-state index is 13.3. The number of alkyl halides is 3. The first-order valence-corrected chi connectivity index (χ1v) is 3.81. The molecule has 1 aromatic carbocycles. The van der Waals surface area contributed by atoms with Gasteiger partial charge in [0.1, 0.15) is 11.6 Å². The summed E-state index contributed by atoms with van der Waals surface area (Å²) < 4.78 is 73.7. The highest BCUT2D eigenvalue weighted by molar-refractivity contribution is 5.31. The molecule has 0 aliphatic heterocycles. The SMILES string of the molecule is [2H]C([2H])([2H])[C@H](N)c1cc(OC(F)(F)F)ccc1F. The van der Waals surface area contributed by atoms with Crippen molar-refractivity contribution in [1.82, 2.24) is 0 Å². The fraction of sp³-hybridized carbons (Fsp3) is 0.333. The zero-order valence-corrected chi connectivity index (χ0v) is 7.31. The summed E-state index contributed by atoms with van der Waals surface area (Å²) in [6.07, 6.45) is -4.95. The molecule has 0 saturated heterocycles. The molecule has 15 heavy (non-hydrogen) atoms. The summed E-state index contributed by atoms with van der Waals surface area (Å²) in [7, 11) is 0. The number of benzene rings is 1. The molecule has 0 aromatic heterocycles. The van der Waals surface area contributed by atoms with Crippen LogP contribution in [0.2, 0.25) is 0 Å². The van der Waals surface area contributed by atoms with Gasteiger partial charge in [-0.25, -0.2) is 4.39 Å². The van der Waals surface area contributed by atoms with Crippen LogP contribution in [0.5, 0.6) is 5.75 Å². The zero-order chi connectivity index (χ0) is 14.1. The van der Waals surface area contributed by atoms with E-state index in [0.29, 0.717) is 12.1 Å². The lowest BCUT2D eigenvalue weighted by Gasteiger charge is -2.12. The van der Waals surface area contributed by atoms with Crippen molar-refractivity contribution in [2.75, 3.05) is 0 Å². The molecule has 1 aromatic rings. The minimum Gasteiger partial charge on any atom is -0.406 e. The summed E-state index contributed by atoms with van der Waals surface area (Å²) in [6, 6.07) is 0.301. The first-order chi connectivity index (χ1) is 8.00. The minimum absolute atomic E-state index is 0.559. The third-order valence-electron chi connectivity index (χ3n) is 1.54. The zero-order valence-electron chi connectivity index (χ0n) is 10.3. The second-order valence-electron chi connectivity index (χ2n) is 2.71. The number of ether oxygens (including phenoxy) is 1. The molecule has 0 aliphatic rings. The number of nitrogens with two attached hydrogens (primary N) is 1. The normalized spacial score (nSPS) is 17.5. The van der Waals surface area contributed by atoms with Crippen LogP contribution in [0, 0.1) is 5.82 Å². The molecule has 0 bridgehead atoms. The molecule has 84 valence electrons. The molecule has 0 unspecified atom stereocenters. The van der Waals surface area contributed by atoms with Crippen molar-refractivity contribution in [3.8, 4) is 5.75 Å². The molecule has 1 atom stereocenters. The number of rotatable bonds is 2. The van der Waals surface area contributed by atoms with Gasteiger partial charge in [0, 0.05) is 15.7 Å². The van der Waals surface area contributed by atoms with E-state index >= 15 is 0 Å². The topological polar surface area (TPSA) is 35.2 Å². The molecule has 0 spiro atoms. The van der Waals surface area contributed by atoms with Crippen molar-refractivity contribution in [2.45, 2.75) is 19.3 Å². The van der Waals surface area contributed by atoms with Crippen molar-refractivity contribution >= 4 is 0 Å². The second-order valence-corrected chi connectivity index (χ2v) is 2.71. The molecular formula is C9H9F4NO. The van der Waals surface area contributed by atoms with Gasteiger partial charge < -0.3 is 10.5 Å². The summed E-state index contributed by atoms with van der Waals surface area (Å²) in [5.74, 6) is -1.73. The molecule has 0 radical (unpaired) electrons. The van der Waals surface area contributed by atoms with E-state index in [1.54, 1.807) is 0 Å². The van der Waals surface area contributed by atoms with E-state index in [1.807, 2.05) is 0 Å². The summed E-state index contributed by atoms with van der Waals surface area (Å²) in [5, 5.41) is 0. The Morgan fingerprint density at radius 2 is 2.13 bits per heavy atom. The number of halogens is 4. The van der Waals surface area contributed by atoms with Crippen molar-refractivity contribution < 1.29 is 26.4 Å². The Morgan fingerprint density at radius 1 is 1.47 bits per heavy atom. The molecule has 2 nitrogen and oxygen atoms in total. The van der Waals surface area contributed by atoms with Gasteiger partial charge in [-0.1, -0.05) is 0 Å². The molecular weight excluding hydrogens is 214 g/mol. The number of hydrogen-bond donors (Lipinski definition) is 1. The highest BCUT2D eigenvalue weighted by Crippen LogP contribution is 2.26. The van der Waals surface area contributed by atoms with Crippen LogP contribution in [-0.4, -0.2) is 6.36 Å². The summed E-state index contributed by atoms with van der Waals surface area (Å²) in [6.45, 7) is -2.72. The summed E-state index contributed by atoms with van der Waals surface area (Å²) >= 11 is 0. The van der Waals surface area contributed by atoms with Crippen molar-refractivity contribution in [2.24, 2.45) is 5.73 Å². The van der Waals surface area contributed by atoms with Gasteiger partial charge in [-0.3, -0.25) is 0 Å². The maximum absolute atomic E-state index is 13.3. The van der Waals surface area contributed by atoms with Gasteiger partial charge in [0.25, 0.3) is 0 Å². The average Bonchev–Trinajstić information content (AvgIpc) is 2.16. The maximum Gasteiger partial charge on any atom is 0.573 e. The predicted octanol–water partition coefficient (Wildman–Crippen LogP) is 2.74. The van der Waals surface area contributed by atoms with E-state index in [4.69, 9.17) is 9.85 Å². The highest BCUT2D eigenvalue weighted by Gasteiger charge is 2.31. The molecule has 0 saturated carbocycles. The Morgan fingerprint density at radius 3 is 2.67 bits per heavy atom. The number of hydrogen-bond acceptors (Lipinski definition) is 2. The van der Waals surface area contributed by atoms with Crippen molar-refractivity contribution in [3.63, 3.8) is 0 Å². The molecule has 0 fully saturated rings. The Hall–Kier alpha value is -1.30. The quantitative estimate of drug-likeness (QED) is 0.787. The van der Waals surface area contributed by atoms with Gasteiger partial charge >= 0.3 is 6.36 Å². The molecule has 6 heteroatoms. The monoisotopic (exact) mass is 226 g/mol. The van der Waals surface area contributed by atoms with E-state index in [-0.39, 0.29) is 0 Å². The van der Waals surface area contributed by atoms with E-state index in [2.05, 4.69) is 4.74 Å². The van der Waals surface area contributed by atoms with Gasteiger partial charge in [0.05, 0.1) is 0 Å². The van der Waals surface area contributed by atoms with Crippen LogP contribution in [0.25, 0.3) is 0 Å². The lowest BCUT2D eigenvalue weighted by molar-refractivity contribution is -0.274. The predicted molar refractivity (Wildman–Crippen MR) is 45.7 cm³/mol. The molecule has 2 N–H and O–H groups in total. The van der Waals surface area contributed by atoms with Crippen LogP contribution >= 0.6 is 0 Å². The molecule has 0 amide bonds. The molecule has 0 aliphatic carbocycles. The van der Waals surface area contributed by atoms with E-state index in [9.17, 15) is 17.6 Å². The third-order valence-corrected chi connectivity index (χ3v) is 1.54. The van der Waals surface area contributed by atoms with Crippen LogP contribution in [0.4, 0.5) is 17.6 Å². The third kappa shape index (κ3) is 3.39. The Bertz CT molecular complexity index is 433. The standard InChI is InChI=1S/C9H9F4NO/c1-5(14)7-4-6(2-3-8(7)10)15-9(11,12)13/h2-5H,14H2,1H3/t5-/m0/s1/i1D3. The van der Waals surface area contributed by atoms with Gasteiger partial charge in [-0.15, -0.1) is 13.2 Å². The largest absolute Gasteiger partial charge is 0.573 e. The molecule has 0 heterocycles. The van der Waals surface area contributed by atoms with Gasteiger partial charge in [-0.05, 0) is 25.1 Å². The Kier molecular flexibility index (Phi) is 2.14. The second kappa shape index (κ2) is 4.06. The molecule has 1 rings (SSSR count). The summed E-state index contributed by atoms with van der Waals surface area (Å²) in [4.78, 5) is 0. The lowest BCUT2D eigenvalue weighted by Crippen LogP contribution is -2.17. The van der Waals surface area contributed by atoms with Crippen molar-refractivity contribution in [1.29, 1.82) is 0 Å². The Balaban J connectivity index is 3.09. The van der Waals surface area contributed by atoms with Crippen LogP contribution in [0.1, 0.15) is 22.6 Å². The van der Waals surface area contributed by atoms with E-state index < -0.39 is 36.4 Å². The van der Waals surface area contributed by atoms with E-state index in [1.165, 1.54) is 0 Å². The van der Waals surface area contributed by atoms with Crippen LogP contribution in [0.15, 0.2) is 18.2 Å². The van der Waals surface area contributed by atoms with Crippen LogP contribution < -0.4 is 10.5 Å². The fourth-order valence-corrected chi connectivity index (χ4v) is 0.957. The van der Waals surface area contributed by atoms with Crippen molar-refractivity contribution in [3.05, 3.63) is 29.6 Å².